The highest BCUT2D eigenvalue weighted by Crippen LogP contribution is 2.28. The van der Waals surface area contributed by atoms with E-state index in [0.717, 1.165) is 30.7 Å². The number of methoxy groups -OCH3 is 1. The van der Waals surface area contributed by atoms with Crippen molar-refractivity contribution in [2.24, 2.45) is 17.6 Å². The van der Waals surface area contributed by atoms with Crippen molar-refractivity contribution in [3.8, 4) is 5.75 Å². The molecule has 0 saturated heterocycles. The minimum atomic E-state index is 0.688. The smallest absolute Gasteiger partial charge is 0.120 e. The van der Waals surface area contributed by atoms with Gasteiger partial charge in [-0.1, -0.05) is 13.8 Å². The largest absolute Gasteiger partial charge is 0.497 e. The van der Waals surface area contributed by atoms with E-state index in [4.69, 9.17) is 15.5 Å². The molecule has 1 aromatic heterocycles. The van der Waals surface area contributed by atoms with Gasteiger partial charge in [0.05, 0.1) is 22.3 Å². The number of fused-ring (bicyclic) bond motifs is 1. The van der Waals surface area contributed by atoms with Gasteiger partial charge >= 0.3 is 0 Å². The van der Waals surface area contributed by atoms with Crippen molar-refractivity contribution < 1.29 is 4.74 Å². The van der Waals surface area contributed by atoms with Crippen LogP contribution >= 0.6 is 11.3 Å². The molecule has 0 aliphatic rings. The van der Waals surface area contributed by atoms with E-state index in [2.05, 4.69) is 19.9 Å². The number of aryl methyl sites for hydroxylation is 1. The molecule has 0 amide bonds. The molecular formula is C16H24N2OS. The zero-order valence-electron chi connectivity index (χ0n) is 12.6. The minimum absolute atomic E-state index is 0.688. The number of nitrogens with two attached hydrogens (primary N) is 1. The van der Waals surface area contributed by atoms with Crippen LogP contribution in [-0.2, 0) is 6.42 Å². The molecule has 4 heteroatoms. The summed E-state index contributed by atoms with van der Waals surface area (Å²) in [7, 11) is 1.70. The van der Waals surface area contributed by atoms with Crippen LogP contribution in [-0.4, -0.2) is 18.6 Å². The molecule has 2 rings (SSSR count). The quantitative estimate of drug-likeness (QED) is 0.843. The molecule has 2 aromatic rings. The Bertz CT molecular complexity index is 550. The lowest BCUT2D eigenvalue weighted by Crippen LogP contribution is -2.15. The molecule has 1 unspecified atom stereocenters. The zero-order valence-corrected chi connectivity index (χ0v) is 13.4. The molecule has 110 valence electrons. The summed E-state index contributed by atoms with van der Waals surface area (Å²) in [4.78, 5) is 4.71. The second-order valence-corrected chi connectivity index (χ2v) is 6.68. The van der Waals surface area contributed by atoms with E-state index >= 15 is 0 Å². The maximum Gasteiger partial charge on any atom is 0.120 e. The first-order valence-corrected chi connectivity index (χ1v) is 8.09. The van der Waals surface area contributed by atoms with E-state index in [1.54, 1.807) is 18.4 Å². The molecule has 0 saturated carbocycles. The average molecular weight is 292 g/mol. The fourth-order valence-corrected chi connectivity index (χ4v) is 3.53. The van der Waals surface area contributed by atoms with Gasteiger partial charge in [0.2, 0.25) is 0 Å². The van der Waals surface area contributed by atoms with Crippen LogP contribution in [0.1, 0.15) is 31.7 Å². The van der Waals surface area contributed by atoms with E-state index in [1.807, 2.05) is 12.1 Å². The van der Waals surface area contributed by atoms with Gasteiger partial charge in [-0.3, -0.25) is 0 Å². The predicted octanol–water partition coefficient (Wildman–Crippen LogP) is 3.86. The highest BCUT2D eigenvalue weighted by atomic mass is 32.1. The van der Waals surface area contributed by atoms with Crippen molar-refractivity contribution in [3.63, 3.8) is 0 Å². The van der Waals surface area contributed by atoms with Crippen molar-refractivity contribution in [1.29, 1.82) is 0 Å². The Hall–Kier alpha value is -1.13. The van der Waals surface area contributed by atoms with Crippen molar-refractivity contribution in [2.75, 3.05) is 13.7 Å². The summed E-state index contributed by atoms with van der Waals surface area (Å²) in [5.74, 6) is 2.28. The van der Waals surface area contributed by atoms with Crippen LogP contribution < -0.4 is 10.5 Å². The molecule has 0 spiro atoms. The number of thiazole rings is 1. The van der Waals surface area contributed by atoms with Crippen LogP contribution in [0.3, 0.4) is 0 Å². The number of nitrogens with zero attached hydrogens (tertiary/aromatic N) is 1. The van der Waals surface area contributed by atoms with Gasteiger partial charge in [-0.15, -0.1) is 11.3 Å². The molecule has 2 N–H and O–H groups in total. The van der Waals surface area contributed by atoms with E-state index in [1.165, 1.54) is 16.1 Å². The topological polar surface area (TPSA) is 48.1 Å². The van der Waals surface area contributed by atoms with Gasteiger partial charge in [0.1, 0.15) is 5.75 Å². The molecule has 20 heavy (non-hydrogen) atoms. The summed E-state index contributed by atoms with van der Waals surface area (Å²) in [6.07, 6.45) is 3.33. The Morgan fingerprint density at radius 2 is 2.10 bits per heavy atom. The normalized spacial score (nSPS) is 13.1. The molecule has 0 radical (unpaired) electrons. The first-order chi connectivity index (χ1) is 9.63. The van der Waals surface area contributed by atoms with E-state index in [9.17, 15) is 0 Å². The van der Waals surface area contributed by atoms with Crippen LogP contribution in [0.2, 0.25) is 0 Å². The fraction of sp³-hybridized carbons (Fsp3) is 0.562. The lowest BCUT2D eigenvalue weighted by atomic mass is 9.88. The SMILES string of the molecule is COc1ccc2nc(CCC(CCN)C(C)C)sc2c1. The molecule has 0 bridgehead atoms. The van der Waals surface area contributed by atoms with Crippen molar-refractivity contribution in [3.05, 3.63) is 23.2 Å². The second-order valence-electron chi connectivity index (χ2n) is 5.56. The van der Waals surface area contributed by atoms with Gasteiger partial charge in [0, 0.05) is 0 Å². The summed E-state index contributed by atoms with van der Waals surface area (Å²) < 4.78 is 6.47. The first-order valence-electron chi connectivity index (χ1n) is 7.27. The van der Waals surface area contributed by atoms with Crippen LogP contribution in [0.4, 0.5) is 0 Å². The monoisotopic (exact) mass is 292 g/mol. The fourth-order valence-electron chi connectivity index (χ4n) is 2.52. The highest BCUT2D eigenvalue weighted by molar-refractivity contribution is 7.18. The molecule has 1 atom stereocenters. The standard InChI is InChI=1S/C16H24N2OS/c1-11(2)12(8-9-17)4-7-16-18-14-6-5-13(19-3)10-15(14)20-16/h5-6,10-12H,4,7-9,17H2,1-3H3. The van der Waals surface area contributed by atoms with E-state index < -0.39 is 0 Å². The zero-order chi connectivity index (χ0) is 14.5. The van der Waals surface area contributed by atoms with Crippen molar-refractivity contribution in [1.82, 2.24) is 4.98 Å². The number of hydrogen-bond acceptors (Lipinski definition) is 4. The molecule has 1 heterocycles. The Morgan fingerprint density at radius 1 is 1.30 bits per heavy atom. The summed E-state index contributed by atoms with van der Waals surface area (Å²) in [5.41, 5.74) is 6.78. The van der Waals surface area contributed by atoms with Crippen LogP contribution in [0, 0.1) is 11.8 Å². The number of benzene rings is 1. The van der Waals surface area contributed by atoms with Gasteiger partial charge in [-0.2, -0.15) is 0 Å². The lowest BCUT2D eigenvalue weighted by molar-refractivity contribution is 0.341. The van der Waals surface area contributed by atoms with Crippen LogP contribution in [0.25, 0.3) is 10.2 Å². The van der Waals surface area contributed by atoms with Gasteiger partial charge < -0.3 is 10.5 Å². The number of ether oxygens (including phenoxy) is 1. The Morgan fingerprint density at radius 3 is 2.75 bits per heavy atom. The van der Waals surface area contributed by atoms with Gasteiger partial charge in [-0.05, 0) is 55.8 Å². The predicted molar refractivity (Wildman–Crippen MR) is 86.5 cm³/mol. The average Bonchev–Trinajstić information content (AvgIpc) is 2.84. The van der Waals surface area contributed by atoms with Crippen molar-refractivity contribution >= 4 is 21.6 Å². The summed E-state index contributed by atoms with van der Waals surface area (Å²) in [5, 5.41) is 1.22. The summed E-state index contributed by atoms with van der Waals surface area (Å²) in [6, 6.07) is 6.07. The third-order valence-electron chi connectivity index (χ3n) is 3.85. The lowest BCUT2D eigenvalue weighted by Gasteiger charge is -2.19. The van der Waals surface area contributed by atoms with E-state index in [0.29, 0.717) is 11.8 Å². The van der Waals surface area contributed by atoms with Gasteiger partial charge in [0.15, 0.2) is 0 Å². The summed E-state index contributed by atoms with van der Waals surface area (Å²) in [6.45, 7) is 5.34. The maximum atomic E-state index is 5.70. The maximum absolute atomic E-state index is 5.70. The Labute approximate surface area is 125 Å². The minimum Gasteiger partial charge on any atom is -0.497 e. The first kappa shape index (κ1) is 15.3. The Kier molecular flexibility index (Phi) is 5.38. The van der Waals surface area contributed by atoms with Crippen LogP contribution in [0.15, 0.2) is 18.2 Å². The highest BCUT2D eigenvalue weighted by Gasteiger charge is 2.14. The van der Waals surface area contributed by atoms with Gasteiger partial charge in [-0.25, -0.2) is 4.98 Å². The Balaban J connectivity index is 2.06. The van der Waals surface area contributed by atoms with Crippen LogP contribution in [0.5, 0.6) is 5.75 Å². The number of rotatable bonds is 7. The van der Waals surface area contributed by atoms with E-state index in [-0.39, 0.29) is 0 Å². The molecule has 0 aliphatic heterocycles. The second kappa shape index (κ2) is 7.04. The molecule has 1 aromatic carbocycles. The molecule has 0 fully saturated rings. The number of aromatic nitrogens is 1. The molecule has 0 aliphatic carbocycles. The number of hydrogen-bond donors (Lipinski definition) is 1. The molecule has 3 nitrogen and oxygen atoms in total. The third-order valence-corrected chi connectivity index (χ3v) is 4.93. The third kappa shape index (κ3) is 3.70. The van der Waals surface area contributed by atoms with Crippen molar-refractivity contribution in [2.45, 2.75) is 33.1 Å². The summed E-state index contributed by atoms with van der Waals surface area (Å²) >= 11 is 1.78. The van der Waals surface area contributed by atoms with Gasteiger partial charge in [0.25, 0.3) is 0 Å². The molecular weight excluding hydrogens is 268 g/mol.